The number of halogens is 1. The molecule has 0 bridgehead atoms. The van der Waals surface area contributed by atoms with E-state index in [1.165, 1.54) is 17.3 Å². The number of anilines is 1. The predicted molar refractivity (Wildman–Crippen MR) is 115 cm³/mol. The first-order valence-electron chi connectivity index (χ1n) is 8.44. The Hall–Kier alpha value is -1.80. The normalized spacial score (nSPS) is 13.3. The number of benzene rings is 1. The standard InChI is InChI=1S/C19H21N3O2S2.ClH/c23-17(13-26-18-2-1-11-25-18)22-16-5-3-15(4-6-16)19(24)21-12-14-7-9-20-10-8-14;/h1-7,11,20H,8-10,12-13H2,(H,21,24)(H,22,23);1H. The van der Waals surface area contributed by atoms with E-state index >= 15 is 0 Å². The summed E-state index contributed by atoms with van der Waals surface area (Å²) in [7, 11) is 0. The quantitative estimate of drug-likeness (QED) is 0.470. The van der Waals surface area contributed by atoms with Crippen LogP contribution in [-0.4, -0.2) is 37.2 Å². The van der Waals surface area contributed by atoms with Crippen LogP contribution in [0.15, 0.2) is 57.6 Å². The van der Waals surface area contributed by atoms with Crippen LogP contribution in [0.5, 0.6) is 0 Å². The van der Waals surface area contributed by atoms with Gasteiger partial charge in [-0.1, -0.05) is 17.7 Å². The minimum atomic E-state index is -0.101. The predicted octanol–water partition coefficient (Wildman–Crippen LogP) is 3.55. The maximum atomic E-state index is 12.2. The van der Waals surface area contributed by atoms with Gasteiger partial charge in [-0.25, -0.2) is 0 Å². The molecule has 0 saturated heterocycles. The zero-order valence-electron chi connectivity index (χ0n) is 14.7. The van der Waals surface area contributed by atoms with Crippen LogP contribution in [0.25, 0.3) is 0 Å². The second-order valence-electron chi connectivity index (χ2n) is 5.85. The third-order valence-electron chi connectivity index (χ3n) is 3.91. The molecule has 3 rings (SSSR count). The zero-order chi connectivity index (χ0) is 18.2. The van der Waals surface area contributed by atoms with Crippen molar-refractivity contribution in [1.29, 1.82) is 0 Å². The molecule has 0 saturated carbocycles. The van der Waals surface area contributed by atoms with Gasteiger partial charge in [-0.05, 0) is 48.7 Å². The smallest absolute Gasteiger partial charge is 0.251 e. The second kappa shape index (κ2) is 11.1. The van der Waals surface area contributed by atoms with Gasteiger partial charge in [0.1, 0.15) is 0 Å². The fourth-order valence-corrected chi connectivity index (χ4v) is 4.09. The summed E-state index contributed by atoms with van der Waals surface area (Å²) in [6.07, 6.45) is 3.09. The van der Waals surface area contributed by atoms with E-state index < -0.39 is 0 Å². The Morgan fingerprint density at radius 1 is 1.19 bits per heavy atom. The monoisotopic (exact) mass is 423 g/mol. The molecule has 1 aromatic heterocycles. The van der Waals surface area contributed by atoms with Crippen LogP contribution in [0, 0.1) is 0 Å². The molecule has 1 aliphatic rings. The maximum Gasteiger partial charge on any atom is 0.251 e. The van der Waals surface area contributed by atoms with Crippen molar-refractivity contribution in [3.63, 3.8) is 0 Å². The van der Waals surface area contributed by atoms with Crippen molar-refractivity contribution in [3.8, 4) is 0 Å². The number of carbonyl (C=O) groups is 2. The van der Waals surface area contributed by atoms with Crippen LogP contribution < -0.4 is 16.0 Å². The molecule has 27 heavy (non-hydrogen) atoms. The fourth-order valence-electron chi connectivity index (χ4n) is 2.51. The van der Waals surface area contributed by atoms with Gasteiger partial charge in [0.25, 0.3) is 5.91 Å². The molecule has 1 aliphatic heterocycles. The molecule has 3 N–H and O–H groups in total. The molecule has 0 aliphatic carbocycles. The average molecular weight is 424 g/mol. The number of thiophene rings is 1. The van der Waals surface area contributed by atoms with E-state index in [4.69, 9.17) is 0 Å². The molecule has 5 nitrogen and oxygen atoms in total. The van der Waals surface area contributed by atoms with Crippen molar-refractivity contribution in [1.82, 2.24) is 10.6 Å². The highest BCUT2D eigenvalue weighted by atomic mass is 35.5. The molecule has 8 heteroatoms. The first kappa shape index (κ1) is 21.5. The fraction of sp³-hybridized carbons (Fsp3) is 0.263. The molecule has 144 valence electrons. The summed E-state index contributed by atoms with van der Waals surface area (Å²) in [6, 6.07) is 10.9. The Morgan fingerprint density at radius 2 is 2.00 bits per heavy atom. The van der Waals surface area contributed by atoms with Crippen LogP contribution >= 0.6 is 35.5 Å². The number of hydrogen-bond donors (Lipinski definition) is 3. The van der Waals surface area contributed by atoms with Crippen molar-refractivity contribution in [3.05, 3.63) is 59.0 Å². The van der Waals surface area contributed by atoms with Crippen LogP contribution in [-0.2, 0) is 4.79 Å². The molecule has 1 aromatic carbocycles. The Bertz CT molecular complexity index is 777. The minimum Gasteiger partial charge on any atom is -0.348 e. The van der Waals surface area contributed by atoms with Crippen LogP contribution in [0.3, 0.4) is 0 Å². The van der Waals surface area contributed by atoms with Crippen molar-refractivity contribution in [2.45, 2.75) is 10.6 Å². The maximum absolute atomic E-state index is 12.2. The minimum absolute atomic E-state index is 0. The van der Waals surface area contributed by atoms with Crippen molar-refractivity contribution in [2.24, 2.45) is 0 Å². The molecule has 2 amide bonds. The summed E-state index contributed by atoms with van der Waals surface area (Å²) in [6.45, 7) is 2.41. The van der Waals surface area contributed by atoms with Crippen molar-refractivity contribution >= 4 is 53.0 Å². The van der Waals surface area contributed by atoms with Crippen molar-refractivity contribution in [2.75, 3.05) is 30.7 Å². The highest BCUT2D eigenvalue weighted by Gasteiger charge is 2.09. The van der Waals surface area contributed by atoms with Crippen molar-refractivity contribution < 1.29 is 9.59 Å². The lowest BCUT2D eigenvalue weighted by atomic mass is 10.1. The summed E-state index contributed by atoms with van der Waals surface area (Å²) < 4.78 is 1.12. The van der Waals surface area contributed by atoms with Gasteiger partial charge in [0, 0.05) is 24.3 Å². The Balaban J connectivity index is 0.00000261. The van der Waals surface area contributed by atoms with Gasteiger partial charge in [0.15, 0.2) is 0 Å². The van der Waals surface area contributed by atoms with E-state index in [1.54, 1.807) is 35.6 Å². The topological polar surface area (TPSA) is 70.2 Å². The van der Waals surface area contributed by atoms with Gasteiger partial charge in [-0.2, -0.15) is 0 Å². The molecule has 0 spiro atoms. The highest BCUT2D eigenvalue weighted by molar-refractivity contribution is 8.01. The second-order valence-corrected chi connectivity index (χ2v) is 8.07. The summed E-state index contributed by atoms with van der Waals surface area (Å²) in [4.78, 5) is 24.2. The molecular formula is C19H22ClN3O2S2. The van der Waals surface area contributed by atoms with Gasteiger partial charge >= 0.3 is 0 Å². The Kier molecular flexibility index (Phi) is 8.87. The number of thioether (sulfide) groups is 1. The first-order chi connectivity index (χ1) is 12.7. The number of nitrogens with one attached hydrogen (secondary N) is 3. The van der Waals surface area contributed by atoms with Crippen LogP contribution in [0.2, 0.25) is 0 Å². The number of rotatable bonds is 7. The Morgan fingerprint density at radius 3 is 2.67 bits per heavy atom. The van der Waals surface area contributed by atoms with Crippen LogP contribution in [0.1, 0.15) is 16.8 Å². The molecule has 0 radical (unpaired) electrons. The van der Waals surface area contributed by atoms with Gasteiger partial charge in [0.2, 0.25) is 5.91 Å². The van der Waals surface area contributed by atoms with E-state index in [2.05, 4.69) is 22.0 Å². The third kappa shape index (κ3) is 7.03. The van der Waals surface area contributed by atoms with E-state index in [1.807, 2.05) is 17.5 Å². The van der Waals surface area contributed by atoms with Crippen LogP contribution in [0.4, 0.5) is 5.69 Å². The van der Waals surface area contributed by atoms with Gasteiger partial charge in [-0.15, -0.1) is 35.5 Å². The lowest BCUT2D eigenvalue weighted by Gasteiger charge is -2.14. The Labute approximate surface area is 173 Å². The molecular weight excluding hydrogens is 402 g/mol. The number of carbonyl (C=O) groups excluding carboxylic acids is 2. The van der Waals surface area contributed by atoms with E-state index in [9.17, 15) is 9.59 Å². The lowest BCUT2D eigenvalue weighted by molar-refractivity contribution is -0.113. The molecule has 0 atom stereocenters. The number of amides is 2. The SMILES string of the molecule is Cl.O=C(CSc1cccs1)Nc1ccc(C(=O)NCC2=CCNCC2)cc1. The summed E-state index contributed by atoms with van der Waals surface area (Å²) in [5, 5.41) is 11.0. The third-order valence-corrected chi connectivity index (χ3v) is 6.04. The summed E-state index contributed by atoms with van der Waals surface area (Å²) in [5.74, 6) is 0.209. The molecule has 2 heterocycles. The van der Waals surface area contributed by atoms with Gasteiger partial charge in [-0.3, -0.25) is 9.59 Å². The lowest BCUT2D eigenvalue weighted by Crippen LogP contribution is -2.29. The van der Waals surface area contributed by atoms with E-state index in [-0.39, 0.29) is 24.2 Å². The van der Waals surface area contributed by atoms with E-state index in [0.717, 1.165) is 23.7 Å². The van der Waals surface area contributed by atoms with Gasteiger partial charge < -0.3 is 16.0 Å². The zero-order valence-corrected chi connectivity index (χ0v) is 17.1. The van der Waals surface area contributed by atoms with E-state index in [0.29, 0.717) is 23.5 Å². The molecule has 0 unspecified atom stereocenters. The van der Waals surface area contributed by atoms with Gasteiger partial charge in [0.05, 0.1) is 9.96 Å². The highest BCUT2D eigenvalue weighted by Crippen LogP contribution is 2.23. The summed E-state index contributed by atoms with van der Waals surface area (Å²) in [5.41, 5.74) is 2.54. The first-order valence-corrected chi connectivity index (χ1v) is 10.3. The largest absolute Gasteiger partial charge is 0.348 e. The summed E-state index contributed by atoms with van der Waals surface area (Å²) >= 11 is 3.14. The molecule has 2 aromatic rings. The number of hydrogen-bond acceptors (Lipinski definition) is 5. The molecule has 0 fully saturated rings. The average Bonchev–Trinajstić information content (AvgIpc) is 3.19.